The van der Waals surface area contributed by atoms with Crippen LogP contribution in [0, 0.1) is 6.92 Å². The molecule has 0 saturated carbocycles. The predicted molar refractivity (Wildman–Crippen MR) is 105 cm³/mol. The molecule has 3 aromatic rings. The lowest BCUT2D eigenvalue weighted by Crippen LogP contribution is -2.09. The number of carbonyl (C=O) groups is 1. The molecular weight excluding hydrogens is 320 g/mol. The van der Waals surface area contributed by atoms with Crippen LogP contribution in [0.1, 0.15) is 23.6 Å². The Balaban J connectivity index is 1.73. The van der Waals surface area contributed by atoms with Gasteiger partial charge >= 0.3 is 5.97 Å². The number of ether oxygens (including phenoxy) is 1. The zero-order chi connectivity index (χ0) is 18.3. The Kier molecular flexibility index (Phi) is 3.96. The Labute approximate surface area is 153 Å². The summed E-state index contributed by atoms with van der Waals surface area (Å²) < 4.78 is 5.40. The van der Waals surface area contributed by atoms with Crippen LogP contribution < -0.4 is 4.74 Å². The van der Waals surface area contributed by atoms with Crippen molar-refractivity contribution < 1.29 is 9.53 Å². The zero-order valence-corrected chi connectivity index (χ0v) is 15.0. The Morgan fingerprint density at radius 3 is 2.46 bits per heavy atom. The van der Waals surface area contributed by atoms with E-state index in [0.717, 1.165) is 17.5 Å². The highest BCUT2D eigenvalue weighted by molar-refractivity contribution is 5.89. The van der Waals surface area contributed by atoms with Crippen molar-refractivity contribution in [1.82, 2.24) is 0 Å². The molecule has 0 fully saturated rings. The monoisotopic (exact) mass is 340 g/mol. The molecule has 0 N–H and O–H groups in total. The third-order valence-corrected chi connectivity index (χ3v) is 4.89. The SMILES string of the molecule is C=C(C)C(=O)Oc1ccc(-c2cccc3c2Cc2ccccc2-3)cc1C. The average molecular weight is 340 g/mol. The van der Waals surface area contributed by atoms with Crippen LogP contribution in [0.15, 0.2) is 72.8 Å². The van der Waals surface area contributed by atoms with E-state index in [4.69, 9.17) is 4.74 Å². The van der Waals surface area contributed by atoms with Gasteiger partial charge in [0.2, 0.25) is 0 Å². The molecular formula is C24H20O2. The Morgan fingerprint density at radius 2 is 1.69 bits per heavy atom. The third kappa shape index (κ3) is 2.74. The van der Waals surface area contributed by atoms with Gasteiger partial charge < -0.3 is 4.74 Å². The Morgan fingerprint density at radius 1 is 0.962 bits per heavy atom. The lowest BCUT2D eigenvalue weighted by atomic mass is 9.94. The molecule has 26 heavy (non-hydrogen) atoms. The molecule has 0 heterocycles. The molecule has 4 rings (SSSR count). The van der Waals surface area contributed by atoms with Gasteiger partial charge in [0.05, 0.1) is 0 Å². The highest BCUT2D eigenvalue weighted by Crippen LogP contribution is 2.41. The average Bonchev–Trinajstić information content (AvgIpc) is 3.02. The second-order valence-corrected chi connectivity index (χ2v) is 6.82. The van der Waals surface area contributed by atoms with Crippen molar-refractivity contribution in [3.05, 3.63) is 89.5 Å². The van der Waals surface area contributed by atoms with Crippen LogP contribution in [-0.2, 0) is 11.2 Å². The maximum atomic E-state index is 11.8. The van der Waals surface area contributed by atoms with Gasteiger partial charge in [0.15, 0.2) is 0 Å². The molecule has 0 spiro atoms. The first kappa shape index (κ1) is 16.3. The fraction of sp³-hybridized carbons (Fsp3) is 0.125. The molecule has 1 aliphatic carbocycles. The van der Waals surface area contributed by atoms with Crippen molar-refractivity contribution in [1.29, 1.82) is 0 Å². The summed E-state index contributed by atoms with van der Waals surface area (Å²) in [6.07, 6.45) is 0.952. The molecule has 0 radical (unpaired) electrons. The number of fused-ring (bicyclic) bond motifs is 3. The van der Waals surface area contributed by atoms with E-state index >= 15 is 0 Å². The Bertz CT molecular complexity index is 1040. The van der Waals surface area contributed by atoms with Crippen molar-refractivity contribution in [2.75, 3.05) is 0 Å². The second kappa shape index (κ2) is 6.30. The summed E-state index contributed by atoms with van der Waals surface area (Å²) in [6, 6.07) is 21.0. The zero-order valence-electron chi connectivity index (χ0n) is 15.0. The van der Waals surface area contributed by atoms with Crippen molar-refractivity contribution >= 4 is 5.97 Å². The van der Waals surface area contributed by atoms with Crippen molar-refractivity contribution in [2.24, 2.45) is 0 Å². The van der Waals surface area contributed by atoms with Gasteiger partial charge in [-0.2, -0.15) is 0 Å². The number of rotatable bonds is 3. The largest absolute Gasteiger partial charge is 0.423 e. The third-order valence-electron chi connectivity index (χ3n) is 4.89. The lowest BCUT2D eigenvalue weighted by Gasteiger charge is -2.12. The van der Waals surface area contributed by atoms with Crippen LogP contribution in [0.25, 0.3) is 22.3 Å². The quantitative estimate of drug-likeness (QED) is 0.271. The second-order valence-electron chi connectivity index (χ2n) is 6.82. The van der Waals surface area contributed by atoms with Gasteiger partial charge in [0, 0.05) is 5.57 Å². The molecule has 0 amide bonds. The van der Waals surface area contributed by atoms with Crippen LogP contribution in [0.4, 0.5) is 0 Å². The van der Waals surface area contributed by atoms with Crippen LogP contribution in [-0.4, -0.2) is 5.97 Å². The number of aryl methyl sites for hydroxylation is 1. The molecule has 0 unspecified atom stereocenters. The molecule has 2 heteroatoms. The smallest absolute Gasteiger partial charge is 0.338 e. The van der Waals surface area contributed by atoms with Crippen molar-refractivity contribution in [3.63, 3.8) is 0 Å². The standard InChI is InChI=1S/C24H20O2/c1-15(2)24(25)26-23-12-11-18(13-16(23)3)20-9-6-10-21-19-8-5-4-7-17(19)14-22(20)21/h4-13H,1,14H2,2-3H3. The van der Waals surface area contributed by atoms with Gasteiger partial charge in [0.1, 0.15) is 5.75 Å². The highest BCUT2D eigenvalue weighted by Gasteiger charge is 2.21. The van der Waals surface area contributed by atoms with Crippen LogP contribution in [0.3, 0.4) is 0 Å². The summed E-state index contributed by atoms with van der Waals surface area (Å²) in [5, 5.41) is 0. The summed E-state index contributed by atoms with van der Waals surface area (Å²) in [7, 11) is 0. The molecule has 0 aromatic heterocycles. The number of hydrogen-bond donors (Lipinski definition) is 0. The maximum absolute atomic E-state index is 11.8. The van der Waals surface area contributed by atoms with Crippen LogP contribution in [0.2, 0.25) is 0 Å². The summed E-state index contributed by atoms with van der Waals surface area (Å²) >= 11 is 0. The first-order valence-corrected chi connectivity index (χ1v) is 8.73. The number of benzene rings is 3. The van der Waals surface area contributed by atoms with Crippen molar-refractivity contribution in [2.45, 2.75) is 20.3 Å². The minimum atomic E-state index is -0.392. The topological polar surface area (TPSA) is 26.3 Å². The van der Waals surface area contributed by atoms with Crippen LogP contribution >= 0.6 is 0 Å². The normalized spacial score (nSPS) is 11.6. The van der Waals surface area contributed by atoms with Crippen molar-refractivity contribution in [3.8, 4) is 28.0 Å². The Hall–Kier alpha value is -3.13. The molecule has 0 bridgehead atoms. The van der Waals surface area contributed by atoms with Gasteiger partial charge in [0.25, 0.3) is 0 Å². The molecule has 0 atom stereocenters. The van der Waals surface area contributed by atoms with E-state index in [1.165, 1.54) is 27.8 Å². The minimum Gasteiger partial charge on any atom is -0.423 e. The molecule has 0 saturated heterocycles. The van der Waals surface area contributed by atoms with E-state index < -0.39 is 5.97 Å². The minimum absolute atomic E-state index is 0.392. The predicted octanol–water partition coefficient (Wildman–Crippen LogP) is 5.71. The number of carbonyl (C=O) groups excluding carboxylic acids is 1. The molecule has 3 aromatic carbocycles. The molecule has 128 valence electrons. The van der Waals surface area contributed by atoms with Crippen LogP contribution in [0.5, 0.6) is 5.75 Å². The fourth-order valence-corrected chi connectivity index (χ4v) is 3.55. The van der Waals surface area contributed by atoms with E-state index in [9.17, 15) is 4.79 Å². The first-order valence-electron chi connectivity index (χ1n) is 8.73. The first-order chi connectivity index (χ1) is 12.5. The lowest BCUT2D eigenvalue weighted by molar-refractivity contribution is -0.130. The van der Waals surface area contributed by atoms with Gasteiger partial charge in [-0.25, -0.2) is 4.79 Å². The van der Waals surface area contributed by atoms with E-state index in [2.05, 4.69) is 55.1 Å². The van der Waals surface area contributed by atoms with E-state index in [1.54, 1.807) is 6.92 Å². The van der Waals surface area contributed by atoms with Gasteiger partial charge in [-0.1, -0.05) is 55.1 Å². The summed E-state index contributed by atoms with van der Waals surface area (Å²) in [6.45, 7) is 7.24. The molecule has 0 aliphatic heterocycles. The highest BCUT2D eigenvalue weighted by atomic mass is 16.5. The summed E-state index contributed by atoms with van der Waals surface area (Å²) in [5.41, 5.74) is 9.08. The molecule has 2 nitrogen and oxygen atoms in total. The summed E-state index contributed by atoms with van der Waals surface area (Å²) in [5.74, 6) is 0.189. The van der Waals surface area contributed by atoms with Gasteiger partial charge in [-0.3, -0.25) is 0 Å². The van der Waals surface area contributed by atoms with E-state index in [1.807, 2.05) is 19.1 Å². The number of hydrogen-bond acceptors (Lipinski definition) is 2. The molecule has 1 aliphatic rings. The number of esters is 1. The fourth-order valence-electron chi connectivity index (χ4n) is 3.55. The van der Waals surface area contributed by atoms with E-state index in [-0.39, 0.29) is 0 Å². The summed E-state index contributed by atoms with van der Waals surface area (Å²) in [4.78, 5) is 11.8. The maximum Gasteiger partial charge on any atom is 0.338 e. The van der Waals surface area contributed by atoms with E-state index in [0.29, 0.717) is 11.3 Å². The van der Waals surface area contributed by atoms with Gasteiger partial charge in [-0.05, 0) is 71.3 Å². The van der Waals surface area contributed by atoms with Gasteiger partial charge in [-0.15, -0.1) is 0 Å².